The van der Waals surface area contributed by atoms with Gasteiger partial charge in [0, 0.05) is 0 Å². The lowest BCUT2D eigenvalue weighted by Crippen LogP contribution is -2.38. The van der Waals surface area contributed by atoms with E-state index in [1.165, 1.54) is 5.56 Å². The van der Waals surface area contributed by atoms with Crippen LogP contribution in [-0.2, 0) is 15.8 Å². The summed E-state index contributed by atoms with van der Waals surface area (Å²) in [4.78, 5) is 0. The highest BCUT2D eigenvalue weighted by atomic mass is 28.4. The van der Waals surface area contributed by atoms with E-state index in [-0.39, 0.29) is 6.10 Å². The van der Waals surface area contributed by atoms with Crippen LogP contribution in [0.25, 0.3) is 0 Å². The molecule has 1 heterocycles. The van der Waals surface area contributed by atoms with Crippen LogP contribution < -0.4 is 0 Å². The van der Waals surface area contributed by atoms with Gasteiger partial charge in [0.05, 0.1) is 19.3 Å². The van der Waals surface area contributed by atoms with Gasteiger partial charge in [0.25, 0.3) is 0 Å². The molecule has 1 aromatic carbocycles. The quantitative estimate of drug-likeness (QED) is 0.761. The average Bonchev–Trinajstić information content (AvgIpc) is 2.29. The summed E-state index contributed by atoms with van der Waals surface area (Å²) in [6, 6.07) is 10.3. The van der Waals surface area contributed by atoms with Crippen LogP contribution in [0.3, 0.4) is 0 Å². The predicted molar refractivity (Wildman–Crippen MR) is 72.2 cm³/mol. The van der Waals surface area contributed by atoms with Gasteiger partial charge in [0.1, 0.15) is 0 Å². The molecule has 0 bridgehead atoms. The highest BCUT2D eigenvalue weighted by Crippen LogP contribution is 2.18. The van der Waals surface area contributed by atoms with E-state index in [4.69, 9.17) is 9.16 Å². The third-order valence-corrected chi connectivity index (χ3v) is 4.78. The van der Waals surface area contributed by atoms with E-state index in [1.54, 1.807) is 0 Å². The van der Waals surface area contributed by atoms with Gasteiger partial charge >= 0.3 is 0 Å². The minimum absolute atomic E-state index is 0.241. The van der Waals surface area contributed by atoms with Crippen LogP contribution in [0.5, 0.6) is 0 Å². The van der Waals surface area contributed by atoms with Gasteiger partial charge in [-0.1, -0.05) is 42.1 Å². The van der Waals surface area contributed by atoms with Gasteiger partial charge in [-0.25, -0.2) is 0 Å². The molecule has 1 aromatic rings. The molecule has 0 saturated carbocycles. The molecule has 1 aliphatic rings. The molecule has 0 spiro atoms. The van der Waals surface area contributed by atoms with E-state index < -0.39 is 8.32 Å². The first-order valence-corrected chi connectivity index (χ1v) is 9.11. The second-order valence-corrected chi connectivity index (χ2v) is 8.76. The van der Waals surface area contributed by atoms with Crippen LogP contribution in [0.15, 0.2) is 42.1 Å². The maximum absolute atomic E-state index is 6.04. The van der Waals surface area contributed by atoms with Crippen molar-refractivity contribution in [2.45, 2.75) is 32.2 Å². The molecule has 0 aromatic heterocycles. The Morgan fingerprint density at radius 1 is 1.29 bits per heavy atom. The Kier molecular flexibility index (Phi) is 4.15. The lowest BCUT2D eigenvalue weighted by Gasteiger charge is -2.30. The van der Waals surface area contributed by atoms with Crippen molar-refractivity contribution in [2.24, 2.45) is 0 Å². The molecule has 17 heavy (non-hydrogen) atoms. The largest absolute Gasteiger partial charge is 0.408 e. The van der Waals surface area contributed by atoms with Crippen molar-refractivity contribution in [2.75, 3.05) is 6.61 Å². The van der Waals surface area contributed by atoms with Crippen molar-refractivity contribution in [3.63, 3.8) is 0 Å². The minimum atomic E-state index is -1.54. The third kappa shape index (κ3) is 4.11. The van der Waals surface area contributed by atoms with Crippen LogP contribution >= 0.6 is 0 Å². The van der Waals surface area contributed by atoms with Gasteiger partial charge in [0.2, 0.25) is 8.32 Å². The normalized spacial score (nSPS) is 22.6. The number of hydrogen-bond donors (Lipinski definition) is 0. The Balaban J connectivity index is 1.75. The second-order valence-electron chi connectivity index (χ2n) is 4.98. The Labute approximate surface area is 104 Å². The average molecular weight is 248 g/mol. The molecule has 2 rings (SSSR count). The molecule has 0 amide bonds. The maximum Gasteiger partial charge on any atom is 0.211 e. The Morgan fingerprint density at radius 2 is 2.06 bits per heavy atom. The highest BCUT2D eigenvalue weighted by molar-refractivity contribution is 6.76. The molecule has 1 aliphatic heterocycles. The predicted octanol–water partition coefficient (Wildman–Crippen LogP) is 3.29. The number of hydrogen-bond acceptors (Lipinski definition) is 2. The zero-order valence-electron chi connectivity index (χ0n) is 10.6. The standard InChI is InChI=1S/C14H20O2Si/c1-17(2)10-6-9-14(16-17)12-15-11-13-7-4-3-5-8-13/h3-8,10,14H,9,11-12H2,1-2H3. The van der Waals surface area contributed by atoms with Crippen molar-refractivity contribution in [3.05, 3.63) is 47.7 Å². The second kappa shape index (κ2) is 5.62. The van der Waals surface area contributed by atoms with E-state index in [9.17, 15) is 0 Å². The van der Waals surface area contributed by atoms with Gasteiger partial charge < -0.3 is 9.16 Å². The Bertz CT molecular complexity index is 373. The van der Waals surface area contributed by atoms with Crippen LogP contribution in [0, 0.1) is 0 Å². The van der Waals surface area contributed by atoms with Gasteiger partial charge in [-0.15, -0.1) is 0 Å². The summed E-state index contributed by atoms with van der Waals surface area (Å²) in [7, 11) is -1.54. The van der Waals surface area contributed by atoms with Gasteiger partial charge in [0.15, 0.2) is 0 Å². The van der Waals surface area contributed by atoms with Crippen LogP contribution in [0.2, 0.25) is 13.1 Å². The van der Waals surface area contributed by atoms with Crippen molar-refractivity contribution < 1.29 is 9.16 Å². The number of benzene rings is 1. The smallest absolute Gasteiger partial charge is 0.211 e. The fourth-order valence-corrected chi connectivity index (χ4v) is 3.81. The number of rotatable bonds is 4. The summed E-state index contributed by atoms with van der Waals surface area (Å²) in [6.45, 7) is 5.79. The van der Waals surface area contributed by atoms with Crippen molar-refractivity contribution in [1.82, 2.24) is 0 Å². The van der Waals surface area contributed by atoms with Gasteiger partial charge in [-0.3, -0.25) is 0 Å². The summed E-state index contributed by atoms with van der Waals surface area (Å²) in [5.41, 5.74) is 3.47. The van der Waals surface area contributed by atoms with E-state index in [0.717, 1.165) is 6.42 Å². The fourth-order valence-electron chi connectivity index (χ4n) is 2.01. The van der Waals surface area contributed by atoms with Gasteiger partial charge in [-0.2, -0.15) is 0 Å². The third-order valence-electron chi connectivity index (χ3n) is 2.80. The molecule has 2 nitrogen and oxygen atoms in total. The minimum Gasteiger partial charge on any atom is -0.408 e. The lowest BCUT2D eigenvalue weighted by molar-refractivity contribution is 0.0377. The molecule has 0 radical (unpaired) electrons. The zero-order valence-corrected chi connectivity index (χ0v) is 11.6. The SMILES string of the molecule is C[Si]1(C)C=CCC(COCc2ccccc2)O1. The highest BCUT2D eigenvalue weighted by Gasteiger charge is 2.26. The Hall–Kier alpha value is -0.903. The molecule has 1 unspecified atom stereocenters. The van der Waals surface area contributed by atoms with Gasteiger partial charge in [-0.05, 0) is 25.1 Å². The molecule has 3 heteroatoms. The lowest BCUT2D eigenvalue weighted by atomic mass is 10.2. The summed E-state index contributed by atoms with van der Waals surface area (Å²) >= 11 is 0. The van der Waals surface area contributed by atoms with Crippen molar-refractivity contribution in [1.29, 1.82) is 0 Å². The molecular weight excluding hydrogens is 228 g/mol. The molecule has 92 valence electrons. The Morgan fingerprint density at radius 3 is 2.76 bits per heavy atom. The molecular formula is C14H20O2Si. The number of ether oxygens (including phenoxy) is 1. The first-order valence-electron chi connectivity index (χ1n) is 6.13. The molecule has 0 saturated heterocycles. The van der Waals surface area contributed by atoms with Crippen molar-refractivity contribution >= 4 is 8.32 Å². The first-order chi connectivity index (χ1) is 8.16. The molecule has 0 fully saturated rings. The van der Waals surface area contributed by atoms with Crippen LogP contribution in [0.1, 0.15) is 12.0 Å². The van der Waals surface area contributed by atoms with E-state index in [1.807, 2.05) is 18.2 Å². The maximum atomic E-state index is 6.04. The summed E-state index contributed by atoms with van der Waals surface area (Å²) < 4.78 is 11.8. The zero-order chi connectivity index (χ0) is 12.1. The van der Waals surface area contributed by atoms with Crippen molar-refractivity contribution in [3.8, 4) is 0 Å². The van der Waals surface area contributed by atoms with Crippen LogP contribution in [0.4, 0.5) is 0 Å². The molecule has 0 N–H and O–H groups in total. The summed E-state index contributed by atoms with van der Waals surface area (Å²) in [5.74, 6) is 0. The van der Waals surface area contributed by atoms with Crippen LogP contribution in [-0.4, -0.2) is 21.0 Å². The monoisotopic (exact) mass is 248 g/mol. The summed E-state index contributed by atoms with van der Waals surface area (Å²) in [6.07, 6.45) is 3.46. The van der Waals surface area contributed by atoms with E-state index >= 15 is 0 Å². The topological polar surface area (TPSA) is 18.5 Å². The molecule has 0 aliphatic carbocycles. The summed E-state index contributed by atoms with van der Waals surface area (Å²) in [5, 5.41) is 0. The molecule has 1 atom stereocenters. The van der Waals surface area contributed by atoms with E-state index in [0.29, 0.717) is 13.2 Å². The van der Waals surface area contributed by atoms with E-state index in [2.05, 4.69) is 37.0 Å². The first kappa shape index (κ1) is 12.6. The fraction of sp³-hybridized carbons (Fsp3) is 0.429.